The molecule has 0 aliphatic heterocycles. The highest BCUT2D eigenvalue weighted by Gasteiger charge is 2.29. The fourth-order valence-corrected chi connectivity index (χ4v) is 2.89. The molecule has 0 saturated carbocycles. The van der Waals surface area contributed by atoms with E-state index in [1.54, 1.807) is 0 Å². The molecule has 0 aromatic heterocycles. The number of carbonyl (C=O) groups is 1. The number of carboxylic acid groups (broad SMARTS) is 1. The summed E-state index contributed by atoms with van der Waals surface area (Å²) < 4.78 is 44.0. The molecule has 0 unspecified atom stereocenters. The van der Waals surface area contributed by atoms with Crippen LogP contribution in [0.15, 0.2) is 42.0 Å². The quantitative estimate of drug-likeness (QED) is 0.382. The lowest BCUT2D eigenvalue weighted by Crippen LogP contribution is -2.10. The van der Waals surface area contributed by atoms with E-state index in [4.69, 9.17) is 4.74 Å². The smallest absolute Gasteiger partial charge is 0.416 e. The van der Waals surface area contributed by atoms with Gasteiger partial charge in [0.2, 0.25) is 0 Å². The van der Waals surface area contributed by atoms with Gasteiger partial charge in [-0.2, -0.15) is 13.2 Å². The minimum atomic E-state index is -4.44. The largest absolute Gasteiger partial charge is 0.507 e. The second kappa shape index (κ2) is 9.73. The fraction of sp³-hybridized carbons (Fsp3) is 0.292. The Balaban J connectivity index is 2.55. The van der Waals surface area contributed by atoms with Gasteiger partial charge in [-0.15, -0.1) is 0 Å². The number of aromatic carboxylic acids is 1. The van der Waals surface area contributed by atoms with Crippen molar-refractivity contribution in [3.8, 4) is 11.5 Å². The molecule has 0 saturated heterocycles. The van der Waals surface area contributed by atoms with E-state index in [0.717, 1.165) is 17.7 Å². The summed E-state index contributed by atoms with van der Waals surface area (Å²) in [6, 6.07) is 6.00. The Labute approximate surface area is 179 Å². The predicted molar refractivity (Wildman–Crippen MR) is 114 cm³/mol. The van der Waals surface area contributed by atoms with Crippen molar-refractivity contribution >= 4 is 18.1 Å². The van der Waals surface area contributed by atoms with Gasteiger partial charge < -0.3 is 14.9 Å². The van der Waals surface area contributed by atoms with Gasteiger partial charge in [-0.1, -0.05) is 35.9 Å². The fourth-order valence-electron chi connectivity index (χ4n) is 2.89. The van der Waals surface area contributed by atoms with Gasteiger partial charge >= 0.3 is 12.1 Å². The number of hydrogen-bond acceptors (Lipinski definition) is 3. The van der Waals surface area contributed by atoms with Gasteiger partial charge in [-0.3, -0.25) is 0 Å². The zero-order chi connectivity index (χ0) is 23.3. The predicted octanol–water partition coefficient (Wildman–Crippen LogP) is 6.58. The highest BCUT2D eigenvalue weighted by Crippen LogP contribution is 2.37. The maximum absolute atomic E-state index is 12.7. The maximum Gasteiger partial charge on any atom is 0.416 e. The molecule has 2 rings (SSSR count). The van der Waals surface area contributed by atoms with E-state index in [1.807, 2.05) is 33.8 Å². The second-order valence-corrected chi connectivity index (χ2v) is 7.58. The zero-order valence-electron chi connectivity index (χ0n) is 17.7. The van der Waals surface area contributed by atoms with Crippen LogP contribution in [0.2, 0.25) is 0 Å². The van der Waals surface area contributed by atoms with Crippen LogP contribution in [0.5, 0.6) is 11.5 Å². The van der Waals surface area contributed by atoms with E-state index in [2.05, 4.69) is 0 Å². The summed E-state index contributed by atoms with van der Waals surface area (Å²) >= 11 is 0. The summed E-state index contributed by atoms with van der Waals surface area (Å²) in [5, 5.41) is 20.4. The van der Waals surface area contributed by atoms with Crippen LogP contribution in [0.4, 0.5) is 13.2 Å². The van der Waals surface area contributed by atoms with E-state index in [1.165, 1.54) is 30.4 Å². The molecule has 0 fully saturated rings. The van der Waals surface area contributed by atoms with Gasteiger partial charge in [0.05, 0.1) is 11.7 Å². The van der Waals surface area contributed by atoms with Gasteiger partial charge in [0.25, 0.3) is 0 Å². The van der Waals surface area contributed by atoms with E-state index in [9.17, 15) is 28.2 Å². The Kier molecular flexibility index (Phi) is 7.55. The van der Waals surface area contributed by atoms with Crippen LogP contribution in [-0.4, -0.2) is 22.3 Å². The van der Waals surface area contributed by atoms with Gasteiger partial charge in [0, 0.05) is 5.56 Å². The molecule has 2 aromatic carbocycles. The van der Waals surface area contributed by atoms with Crippen molar-refractivity contribution in [1.82, 2.24) is 0 Å². The number of alkyl halides is 3. The Hall–Kier alpha value is -3.22. The van der Waals surface area contributed by atoms with Crippen LogP contribution >= 0.6 is 0 Å². The topological polar surface area (TPSA) is 66.8 Å². The Morgan fingerprint density at radius 2 is 1.74 bits per heavy atom. The number of phenols is 1. The van der Waals surface area contributed by atoms with E-state index in [-0.39, 0.29) is 17.2 Å². The second-order valence-electron chi connectivity index (χ2n) is 7.58. The molecule has 7 heteroatoms. The number of allylic oxidation sites excluding steroid dienone is 2. The zero-order valence-corrected chi connectivity index (χ0v) is 17.7. The average molecular weight is 434 g/mol. The lowest BCUT2D eigenvalue weighted by atomic mass is 9.97. The molecule has 0 radical (unpaired) electrons. The van der Waals surface area contributed by atoms with Crippen molar-refractivity contribution in [2.24, 2.45) is 0 Å². The van der Waals surface area contributed by atoms with E-state index < -0.39 is 23.5 Å². The minimum absolute atomic E-state index is 0.182. The summed E-state index contributed by atoms with van der Waals surface area (Å²) in [4.78, 5) is 11.9. The summed E-state index contributed by atoms with van der Waals surface area (Å²) in [6.07, 6.45) is 0.409. The first kappa shape index (κ1) is 24.1. The molecule has 0 spiro atoms. The highest BCUT2D eigenvalue weighted by atomic mass is 19.4. The summed E-state index contributed by atoms with van der Waals surface area (Å²) in [5.74, 6) is -1.36. The minimum Gasteiger partial charge on any atom is -0.507 e. The number of hydrogen-bond donors (Lipinski definition) is 2. The first-order valence-corrected chi connectivity index (χ1v) is 9.67. The Bertz CT molecular complexity index is 997. The Morgan fingerprint density at radius 3 is 2.23 bits per heavy atom. The number of benzene rings is 2. The number of rotatable bonds is 7. The summed E-state index contributed by atoms with van der Waals surface area (Å²) in [6.45, 7) is 7.40. The normalized spacial score (nSPS) is 11.7. The molecule has 2 aromatic rings. The number of halogens is 3. The highest BCUT2D eigenvalue weighted by molar-refractivity contribution is 5.97. The lowest BCUT2D eigenvalue weighted by molar-refractivity contribution is -0.137. The standard InChI is InChI=1S/C24H25F3O4/c1-14(2)5-12-19-20(31-15(3)4)13-17(21(22(19)28)23(29)30)9-6-16-7-10-18(11-8-16)24(25,26)27/h5-11,13,15,28H,12H2,1-4H3,(H,29,30). The first-order valence-electron chi connectivity index (χ1n) is 9.67. The van der Waals surface area contributed by atoms with Gasteiger partial charge in [0.15, 0.2) is 0 Å². The van der Waals surface area contributed by atoms with E-state index in [0.29, 0.717) is 23.3 Å². The van der Waals surface area contributed by atoms with E-state index >= 15 is 0 Å². The lowest BCUT2D eigenvalue weighted by Gasteiger charge is -2.18. The molecule has 2 N–H and O–H groups in total. The number of carboxylic acids is 1. The molecule has 4 nitrogen and oxygen atoms in total. The van der Waals surface area contributed by atoms with Crippen molar-refractivity contribution in [3.05, 3.63) is 69.8 Å². The molecular formula is C24H25F3O4. The van der Waals surface area contributed by atoms with Crippen LogP contribution in [0, 0.1) is 0 Å². The van der Waals surface area contributed by atoms with Crippen LogP contribution in [0.1, 0.15) is 60.3 Å². The van der Waals surface area contributed by atoms with Crippen molar-refractivity contribution < 1.29 is 32.9 Å². The molecule has 0 heterocycles. The molecule has 0 aliphatic carbocycles. The van der Waals surface area contributed by atoms with Crippen molar-refractivity contribution in [1.29, 1.82) is 0 Å². The first-order chi connectivity index (χ1) is 14.4. The van der Waals surface area contributed by atoms with Gasteiger partial charge in [-0.25, -0.2) is 4.79 Å². The molecular weight excluding hydrogens is 409 g/mol. The van der Waals surface area contributed by atoms with Crippen LogP contribution in [-0.2, 0) is 12.6 Å². The van der Waals surface area contributed by atoms with Crippen LogP contribution in [0.3, 0.4) is 0 Å². The SMILES string of the molecule is CC(C)=CCc1c(OC(C)C)cc(C=Cc2ccc(C(F)(F)F)cc2)c(C(=O)O)c1O. The molecule has 0 bridgehead atoms. The van der Waals surface area contributed by atoms with Gasteiger partial charge in [0.1, 0.15) is 17.1 Å². The van der Waals surface area contributed by atoms with Crippen molar-refractivity contribution in [2.75, 3.05) is 0 Å². The monoisotopic (exact) mass is 434 g/mol. The number of aromatic hydroxyl groups is 1. The van der Waals surface area contributed by atoms with Crippen LogP contribution < -0.4 is 4.74 Å². The van der Waals surface area contributed by atoms with Crippen molar-refractivity contribution in [2.45, 2.75) is 46.4 Å². The third-order valence-electron chi connectivity index (χ3n) is 4.38. The molecule has 0 aliphatic rings. The molecule has 0 atom stereocenters. The number of ether oxygens (including phenoxy) is 1. The molecule has 0 amide bonds. The van der Waals surface area contributed by atoms with Crippen molar-refractivity contribution in [3.63, 3.8) is 0 Å². The maximum atomic E-state index is 12.7. The molecule has 166 valence electrons. The third-order valence-corrected chi connectivity index (χ3v) is 4.38. The Morgan fingerprint density at radius 1 is 1.13 bits per heavy atom. The summed E-state index contributed by atoms with van der Waals surface area (Å²) in [7, 11) is 0. The molecule has 31 heavy (non-hydrogen) atoms. The summed E-state index contributed by atoms with van der Waals surface area (Å²) in [5.41, 5.74) is 0.920. The average Bonchev–Trinajstić information content (AvgIpc) is 2.64. The third kappa shape index (κ3) is 6.38. The van der Waals surface area contributed by atoms with Crippen LogP contribution in [0.25, 0.3) is 12.2 Å². The van der Waals surface area contributed by atoms with Gasteiger partial charge in [-0.05, 0) is 63.4 Å².